The SMILES string of the molecule is Cc1ccc([C@@H](O)CNc2cc(-c3ccc4c(C(C)(F)F)noc4c3)ncn2)cc1. The monoisotopic (exact) mass is 410 g/mol. The molecule has 4 rings (SSSR count). The summed E-state index contributed by atoms with van der Waals surface area (Å²) in [5.74, 6) is -2.55. The minimum absolute atomic E-state index is 0.256. The van der Waals surface area contributed by atoms with Crippen LogP contribution in [0.5, 0.6) is 0 Å². The minimum atomic E-state index is -3.09. The highest BCUT2D eigenvalue weighted by molar-refractivity contribution is 5.84. The van der Waals surface area contributed by atoms with Gasteiger partial charge >= 0.3 is 0 Å². The fraction of sp³-hybridized carbons (Fsp3) is 0.227. The highest BCUT2D eigenvalue weighted by atomic mass is 19.3. The molecule has 0 aliphatic rings. The van der Waals surface area contributed by atoms with E-state index in [9.17, 15) is 13.9 Å². The fourth-order valence-corrected chi connectivity index (χ4v) is 3.13. The average molecular weight is 410 g/mol. The maximum Gasteiger partial charge on any atom is 0.290 e. The molecule has 0 spiro atoms. The van der Waals surface area contributed by atoms with Crippen LogP contribution in [0.2, 0.25) is 0 Å². The number of nitrogens with one attached hydrogen (secondary N) is 1. The number of hydrogen-bond acceptors (Lipinski definition) is 6. The van der Waals surface area contributed by atoms with Crippen molar-refractivity contribution in [3.05, 3.63) is 71.7 Å². The molecule has 0 fully saturated rings. The van der Waals surface area contributed by atoms with E-state index in [2.05, 4.69) is 20.4 Å². The Bertz CT molecular complexity index is 1170. The van der Waals surface area contributed by atoms with Gasteiger partial charge in [-0.3, -0.25) is 0 Å². The Labute approximate surface area is 171 Å². The summed E-state index contributed by atoms with van der Waals surface area (Å²) in [5, 5.41) is 17.2. The van der Waals surface area contributed by atoms with Gasteiger partial charge in [-0.1, -0.05) is 41.1 Å². The molecule has 30 heavy (non-hydrogen) atoms. The number of aromatic nitrogens is 3. The Morgan fingerprint density at radius 3 is 2.60 bits per heavy atom. The number of rotatable bonds is 6. The first-order valence-electron chi connectivity index (χ1n) is 9.40. The van der Waals surface area contributed by atoms with Gasteiger partial charge in [-0.2, -0.15) is 8.78 Å². The van der Waals surface area contributed by atoms with Crippen LogP contribution in [0.15, 0.2) is 59.4 Å². The fourth-order valence-electron chi connectivity index (χ4n) is 3.13. The zero-order valence-electron chi connectivity index (χ0n) is 16.4. The molecule has 2 N–H and O–H groups in total. The van der Waals surface area contributed by atoms with Crippen molar-refractivity contribution in [2.75, 3.05) is 11.9 Å². The van der Waals surface area contributed by atoms with Gasteiger partial charge in [0, 0.05) is 25.1 Å². The quantitative estimate of drug-likeness (QED) is 0.473. The van der Waals surface area contributed by atoms with Crippen LogP contribution < -0.4 is 5.32 Å². The first-order chi connectivity index (χ1) is 14.3. The van der Waals surface area contributed by atoms with E-state index in [1.54, 1.807) is 24.3 Å². The van der Waals surface area contributed by atoms with Crippen LogP contribution in [0, 0.1) is 6.92 Å². The third-order valence-corrected chi connectivity index (χ3v) is 4.79. The van der Waals surface area contributed by atoms with Crippen LogP contribution in [0.25, 0.3) is 22.2 Å². The van der Waals surface area contributed by atoms with Gasteiger partial charge in [0.05, 0.1) is 17.2 Å². The van der Waals surface area contributed by atoms with Gasteiger partial charge in [-0.15, -0.1) is 0 Å². The lowest BCUT2D eigenvalue weighted by atomic mass is 10.1. The highest BCUT2D eigenvalue weighted by Gasteiger charge is 2.31. The molecular formula is C22H20F2N4O2. The highest BCUT2D eigenvalue weighted by Crippen LogP contribution is 2.34. The molecule has 8 heteroatoms. The summed E-state index contributed by atoms with van der Waals surface area (Å²) in [6, 6.07) is 14.2. The minimum Gasteiger partial charge on any atom is -0.387 e. The summed E-state index contributed by atoms with van der Waals surface area (Å²) >= 11 is 0. The lowest BCUT2D eigenvalue weighted by Gasteiger charge is -2.13. The van der Waals surface area contributed by atoms with E-state index in [-0.39, 0.29) is 23.2 Å². The van der Waals surface area contributed by atoms with Crippen molar-refractivity contribution in [1.29, 1.82) is 0 Å². The van der Waals surface area contributed by atoms with Crippen molar-refractivity contribution in [3.8, 4) is 11.3 Å². The van der Waals surface area contributed by atoms with Gasteiger partial charge in [-0.05, 0) is 24.6 Å². The van der Waals surface area contributed by atoms with Gasteiger partial charge in [0.15, 0.2) is 11.3 Å². The molecule has 0 saturated heterocycles. The van der Waals surface area contributed by atoms with E-state index in [4.69, 9.17) is 4.52 Å². The van der Waals surface area contributed by atoms with Crippen molar-refractivity contribution in [2.24, 2.45) is 0 Å². The maximum atomic E-state index is 13.6. The standard InChI is InChI=1S/C22H20F2N4O2/c1-13-3-5-14(6-4-13)18(29)11-25-20-10-17(26-12-27-20)15-7-8-16-19(9-15)30-28-21(16)22(2,23)24/h3-10,12,18,29H,11H2,1-2H3,(H,25,26,27)/t18-/m0/s1. The molecule has 0 aliphatic heterocycles. The van der Waals surface area contributed by atoms with E-state index in [0.29, 0.717) is 17.1 Å². The van der Waals surface area contributed by atoms with E-state index < -0.39 is 12.0 Å². The number of aliphatic hydroxyl groups is 1. The van der Waals surface area contributed by atoms with E-state index in [1.807, 2.05) is 31.2 Å². The van der Waals surface area contributed by atoms with Crippen molar-refractivity contribution < 1.29 is 18.4 Å². The number of benzene rings is 2. The molecule has 0 saturated carbocycles. The number of fused-ring (bicyclic) bond motifs is 1. The summed E-state index contributed by atoms with van der Waals surface area (Å²) < 4.78 is 32.3. The molecule has 0 amide bonds. The van der Waals surface area contributed by atoms with Gasteiger partial charge in [-0.25, -0.2) is 9.97 Å². The summed E-state index contributed by atoms with van der Waals surface area (Å²) in [7, 11) is 0. The van der Waals surface area contributed by atoms with E-state index in [0.717, 1.165) is 18.1 Å². The molecule has 154 valence electrons. The normalized spacial score (nSPS) is 12.8. The lowest BCUT2D eigenvalue weighted by Crippen LogP contribution is -2.13. The molecule has 0 unspecified atom stereocenters. The van der Waals surface area contributed by atoms with Crippen LogP contribution >= 0.6 is 0 Å². The second-order valence-corrected chi connectivity index (χ2v) is 7.23. The largest absolute Gasteiger partial charge is 0.387 e. The van der Waals surface area contributed by atoms with Gasteiger partial charge < -0.3 is 14.9 Å². The predicted octanol–water partition coefficient (Wildman–Crippen LogP) is 4.85. The molecule has 0 aliphatic carbocycles. The molecule has 4 aromatic rings. The van der Waals surface area contributed by atoms with Crippen LogP contribution in [0.3, 0.4) is 0 Å². The number of halogens is 2. The first kappa shape index (κ1) is 19.9. The smallest absolute Gasteiger partial charge is 0.290 e. The van der Waals surface area contributed by atoms with Gasteiger partial charge in [0.1, 0.15) is 12.1 Å². The average Bonchev–Trinajstić information content (AvgIpc) is 3.16. The van der Waals surface area contributed by atoms with Crippen LogP contribution in [0.1, 0.15) is 29.8 Å². The molecule has 2 aromatic carbocycles. The molecular weight excluding hydrogens is 390 g/mol. The topological polar surface area (TPSA) is 84.1 Å². The first-order valence-corrected chi connectivity index (χ1v) is 9.40. The predicted molar refractivity (Wildman–Crippen MR) is 109 cm³/mol. The number of anilines is 1. The zero-order valence-corrected chi connectivity index (χ0v) is 16.4. The third-order valence-electron chi connectivity index (χ3n) is 4.79. The zero-order chi connectivity index (χ0) is 21.3. The molecule has 0 radical (unpaired) electrons. The molecule has 6 nitrogen and oxygen atoms in total. The number of aryl methyl sites for hydroxylation is 1. The van der Waals surface area contributed by atoms with Crippen molar-refractivity contribution >= 4 is 16.8 Å². The summed E-state index contributed by atoms with van der Waals surface area (Å²) in [6.07, 6.45) is 0.704. The van der Waals surface area contributed by atoms with E-state index in [1.165, 1.54) is 6.33 Å². The van der Waals surface area contributed by atoms with Gasteiger partial charge in [0.2, 0.25) is 0 Å². The van der Waals surface area contributed by atoms with Crippen molar-refractivity contribution in [2.45, 2.75) is 25.9 Å². The van der Waals surface area contributed by atoms with Crippen molar-refractivity contribution in [3.63, 3.8) is 0 Å². The van der Waals surface area contributed by atoms with Crippen LogP contribution in [0.4, 0.5) is 14.6 Å². The Hall–Kier alpha value is -3.39. The molecule has 2 aromatic heterocycles. The lowest BCUT2D eigenvalue weighted by molar-refractivity contribution is 0.0112. The molecule has 1 atom stereocenters. The third kappa shape index (κ3) is 4.13. The molecule has 2 heterocycles. The maximum absolute atomic E-state index is 13.6. The Kier molecular flexibility index (Phi) is 5.17. The molecule has 0 bridgehead atoms. The van der Waals surface area contributed by atoms with Crippen molar-refractivity contribution in [1.82, 2.24) is 15.1 Å². The summed E-state index contributed by atoms with van der Waals surface area (Å²) in [4.78, 5) is 8.42. The number of aliphatic hydroxyl groups excluding tert-OH is 1. The number of hydrogen-bond donors (Lipinski definition) is 2. The number of alkyl halides is 2. The number of nitrogens with zero attached hydrogens (tertiary/aromatic N) is 3. The Morgan fingerprint density at radius 1 is 1.10 bits per heavy atom. The van der Waals surface area contributed by atoms with E-state index >= 15 is 0 Å². The van der Waals surface area contributed by atoms with Crippen LogP contribution in [-0.4, -0.2) is 26.8 Å². The summed E-state index contributed by atoms with van der Waals surface area (Å²) in [5.41, 5.74) is 3.06. The second kappa shape index (κ2) is 7.79. The Morgan fingerprint density at radius 2 is 1.87 bits per heavy atom. The second-order valence-electron chi connectivity index (χ2n) is 7.23. The van der Waals surface area contributed by atoms with Gasteiger partial charge in [0.25, 0.3) is 5.92 Å². The Balaban J connectivity index is 1.52. The van der Waals surface area contributed by atoms with Crippen LogP contribution in [-0.2, 0) is 5.92 Å². The summed E-state index contributed by atoms with van der Waals surface area (Å²) in [6.45, 7) is 3.04.